The van der Waals surface area contributed by atoms with Crippen LogP contribution in [0.1, 0.15) is 24.8 Å². The molecule has 2 aromatic carbocycles. The molecule has 0 bridgehead atoms. The van der Waals surface area contributed by atoms with Gasteiger partial charge in [0.2, 0.25) is 5.82 Å². The summed E-state index contributed by atoms with van der Waals surface area (Å²) < 4.78 is 11.2. The van der Waals surface area contributed by atoms with Gasteiger partial charge < -0.3 is 15.0 Å². The first kappa shape index (κ1) is 14.9. The van der Waals surface area contributed by atoms with Crippen LogP contribution in [-0.2, 0) is 6.54 Å². The van der Waals surface area contributed by atoms with Gasteiger partial charge in [-0.15, -0.1) is 0 Å². The molecule has 1 fully saturated rings. The molecule has 5 nitrogen and oxygen atoms in total. The quantitative estimate of drug-likeness (QED) is 0.774. The zero-order valence-corrected chi connectivity index (χ0v) is 13.3. The Kier molecular flexibility index (Phi) is 4.01. The lowest BCUT2D eigenvalue weighted by Crippen LogP contribution is -2.24. The van der Waals surface area contributed by atoms with Gasteiger partial charge in [-0.3, -0.25) is 0 Å². The van der Waals surface area contributed by atoms with Crippen LogP contribution in [0.5, 0.6) is 5.75 Å². The van der Waals surface area contributed by atoms with Crippen molar-refractivity contribution >= 4 is 0 Å². The third-order valence-corrected chi connectivity index (χ3v) is 4.33. The molecule has 0 saturated heterocycles. The third-order valence-electron chi connectivity index (χ3n) is 4.33. The molecule has 122 valence electrons. The van der Waals surface area contributed by atoms with E-state index in [-0.39, 0.29) is 0 Å². The van der Waals surface area contributed by atoms with Crippen LogP contribution in [-0.4, -0.2) is 16.2 Å². The Morgan fingerprint density at radius 3 is 2.33 bits per heavy atom. The Morgan fingerprint density at radius 1 is 1.00 bits per heavy atom. The fourth-order valence-electron chi connectivity index (χ4n) is 2.61. The molecule has 0 amide bonds. The molecule has 0 atom stereocenters. The van der Waals surface area contributed by atoms with Gasteiger partial charge in [0.25, 0.3) is 5.89 Å². The first-order chi connectivity index (χ1) is 11.8. The second-order valence-electron chi connectivity index (χ2n) is 6.02. The topological polar surface area (TPSA) is 74.2 Å². The van der Waals surface area contributed by atoms with Gasteiger partial charge in [0.05, 0.1) is 6.10 Å². The second-order valence-corrected chi connectivity index (χ2v) is 6.02. The van der Waals surface area contributed by atoms with Gasteiger partial charge >= 0.3 is 0 Å². The molecule has 5 heteroatoms. The summed E-state index contributed by atoms with van der Waals surface area (Å²) in [5.41, 5.74) is 8.48. The summed E-state index contributed by atoms with van der Waals surface area (Å²) >= 11 is 0. The predicted octanol–water partition coefficient (Wildman–Crippen LogP) is 3.79. The highest BCUT2D eigenvalue weighted by atomic mass is 16.5. The van der Waals surface area contributed by atoms with E-state index in [0.29, 0.717) is 24.4 Å². The van der Waals surface area contributed by atoms with Gasteiger partial charge in [0.15, 0.2) is 0 Å². The van der Waals surface area contributed by atoms with Crippen molar-refractivity contribution in [3.63, 3.8) is 0 Å². The zero-order valence-electron chi connectivity index (χ0n) is 13.3. The highest BCUT2D eigenvalue weighted by molar-refractivity contribution is 5.60. The van der Waals surface area contributed by atoms with E-state index in [0.717, 1.165) is 35.3 Å². The van der Waals surface area contributed by atoms with Crippen molar-refractivity contribution in [2.24, 2.45) is 5.73 Å². The minimum atomic E-state index is 0.377. The second kappa shape index (κ2) is 6.45. The van der Waals surface area contributed by atoms with E-state index < -0.39 is 0 Å². The van der Waals surface area contributed by atoms with Crippen LogP contribution in [0.25, 0.3) is 22.8 Å². The van der Waals surface area contributed by atoms with Crippen LogP contribution in [0.2, 0.25) is 0 Å². The van der Waals surface area contributed by atoms with E-state index in [1.165, 1.54) is 6.42 Å². The molecule has 0 aliphatic heterocycles. The van der Waals surface area contributed by atoms with Crippen molar-refractivity contribution < 1.29 is 9.26 Å². The molecule has 4 rings (SSSR count). The average Bonchev–Trinajstić information content (AvgIpc) is 3.09. The summed E-state index contributed by atoms with van der Waals surface area (Å²) in [6.07, 6.45) is 3.94. The molecular weight excluding hydrogens is 302 g/mol. The Bertz CT molecular complexity index is 805. The fraction of sp³-hybridized carbons (Fsp3) is 0.263. The highest BCUT2D eigenvalue weighted by Gasteiger charge is 2.19. The number of ether oxygens (including phenoxy) is 1. The van der Waals surface area contributed by atoms with Crippen molar-refractivity contribution in [1.29, 1.82) is 0 Å². The van der Waals surface area contributed by atoms with Crippen LogP contribution in [0.15, 0.2) is 53.1 Å². The van der Waals surface area contributed by atoms with E-state index in [1.54, 1.807) is 0 Å². The van der Waals surface area contributed by atoms with Gasteiger partial charge in [-0.2, -0.15) is 4.98 Å². The molecule has 1 aromatic heterocycles. The average molecular weight is 321 g/mol. The van der Waals surface area contributed by atoms with Gasteiger partial charge in [0.1, 0.15) is 5.75 Å². The molecule has 1 saturated carbocycles. The Labute approximate surface area is 140 Å². The fourth-order valence-corrected chi connectivity index (χ4v) is 2.61. The molecule has 0 spiro atoms. The largest absolute Gasteiger partial charge is 0.490 e. The lowest BCUT2D eigenvalue weighted by molar-refractivity contribution is 0.120. The monoisotopic (exact) mass is 321 g/mol. The summed E-state index contributed by atoms with van der Waals surface area (Å²) in [6.45, 7) is 0.521. The Morgan fingerprint density at radius 2 is 1.71 bits per heavy atom. The molecule has 2 N–H and O–H groups in total. The van der Waals surface area contributed by atoms with E-state index >= 15 is 0 Å². The number of nitrogens with zero attached hydrogens (tertiary/aromatic N) is 2. The Hall–Kier alpha value is -2.66. The van der Waals surface area contributed by atoms with Gasteiger partial charge in [-0.05, 0) is 49.1 Å². The lowest BCUT2D eigenvalue weighted by Gasteiger charge is -2.26. The number of aromatic nitrogens is 2. The maximum Gasteiger partial charge on any atom is 0.258 e. The molecule has 1 aliphatic carbocycles. The highest BCUT2D eigenvalue weighted by Crippen LogP contribution is 2.28. The van der Waals surface area contributed by atoms with Gasteiger partial charge in [0, 0.05) is 17.7 Å². The van der Waals surface area contributed by atoms with Crippen molar-refractivity contribution in [2.75, 3.05) is 0 Å². The van der Waals surface area contributed by atoms with Crippen molar-refractivity contribution in [3.05, 3.63) is 54.1 Å². The normalized spacial score (nSPS) is 14.4. The Balaban J connectivity index is 1.50. The van der Waals surface area contributed by atoms with Gasteiger partial charge in [-0.1, -0.05) is 29.4 Å². The summed E-state index contributed by atoms with van der Waals surface area (Å²) in [4.78, 5) is 4.47. The van der Waals surface area contributed by atoms with Gasteiger partial charge in [-0.25, -0.2) is 0 Å². The van der Waals surface area contributed by atoms with Crippen LogP contribution in [0, 0.1) is 0 Å². The smallest absolute Gasteiger partial charge is 0.258 e. The molecular formula is C19H19N3O2. The number of nitrogens with two attached hydrogens (primary N) is 1. The van der Waals surface area contributed by atoms with Crippen LogP contribution >= 0.6 is 0 Å². The number of hydrogen-bond donors (Lipinski definition) is 1. The van der Waals surface area contributed by atoms with E-state index in [4.69, 9.17) is 15.0 Å². The summed E-state index contributed by atoms with van der Waals surface area (Å²) in [5, 5.41) is 4.06. The standard InChI is InChI=1S/C19H19N3O2/c20-12-13-4-6-14(7-5-13)18-21-19(24-22-18)15-8-10-17(11-9-15)23-16-2-1-3-16/h4-11,16H,1-3,12,20H2. The minimum Gasteiger partial charge on any atom is -0.490 e. The molecule has 0 unspecified atom stereocenters. The van der Waals surface area contributed by atoms with Crippen LogP contribution in [0.4, 0.5) is 0 Å². The molecule has 1 heterocycles. The van der Waals surface area contributed by atoms with Crippen LogP contribution < -0.4 is 10.5 Å². The van der Waals surface area contributed by atoms with Crippen molar-refractivity contribution in [3.8, 4) is 28.6 Å². The summed E-state index contributed by atoms with van der Waals surface area (Å²) in [5.74, 6) is 1.96. The number of rotatable bonds is 5. The van der Waals surface area contributed by atoms with Crippen molar-refractivity contribution in [1.82, 2.24) is 10.1 Å². The van der Waals surface area contributed by atoms with E-state index in [9.17, 15) is 0 Å². The predicted molar refractivity (Wildman–Crippen MR) is 91.3 cm³/mol. The zero-order chi connectivity index (χ0) is 16.4. The molecule has 24 heavy (non-hydrogen) atoms. The number of hydrogen-bond acceptors (Lipinski definition) is 5. The SMILES string of the molecule is NCc1ccc(-c2noc(-c3ccc(OC4CCC4)cc3)n2)cc1. The summed E-state index contributed by atoms with van der Waals surface area (Å²) in [6, 6.07) is 15.6. The number of benzene rings is 2. The maximum atomic E-state index is 5.86. The molecule has 0 radical (unpaired) electrons. The van der Waals surface area contributed by atoms with Crippen LogP contribution in [0.3, 0.4) is 0 Å². The maximum absolute atomic E-state index is 5.86. The molecule has 3 aromatic rings. The summed E-state index contributed by atoms with van der Waals surface area (Å²) in [7, 11) is 0. The first-order valence-electron chi connectivity index (χ1n) is 8.22. The minimum absolute atomic E-state index is 0.377. The van der Waals surface area contributed by atoms with E-state index in [2.05, 4.69) is 10.1 Å². The lowest BCUT2D eigenvalue weighted by atomic mass is 9.96. The van der Waals surface area contributed by atoms with Crippen molar-refractivity contribution in [2.45, 2.75) is 31.9 Å². The first-order valence-corrected chi connectivity index (χ1v) is 8.22. The third kappa shape index (κ3) is 3.03. The molecule has 1 aliphatic rings. The van der Waals surface area contributed by atoms with E-state index in [1.807, 2.05) is 48.5 Å².